The lowest BCUT2D eigenvalue weighted by molar-refractivity contribution is -0.268. The third-order valence-electron chi connectivity index (χ3n) is 5.35. The summed E-state index contributed by atoms with van der Waals surface area (Å²) in [7, 11) is 1.93. The molecule has 4 atom stereocenters. The number of aliphatic hydroxyl groups excluding tert-OH is 1. The summed E-state index contributed by atoms with van der Waals surface area (Å²) < 4.78 is 14.7. The first-order valence-electron chi connectivity index (χ1n) is 9.88. The van der Waals surface area contributed by atoms with Crippen molar-refractivity contribution < 1.29 is 14.6 Å². The van der Waals surface area contributed by atoms with Gasteiger partial charge in [-0.25, -0.2) is 0 Å². The molecule has 0 aliphatic carbocycles. The van der Waals surface area contributed by atoms with Gasteiger partial charge in [-0.3, -0.25) is 0 Å². The van der Waals surface area contributed by atoms with Crippen LogP contribution in [-0.4, -0.2) is 31.7 Å². The molecule has 1 aliphatic rings. The Morgan fingerprint density at radius 3 is 2.60 bits per heavy atom. The standard InChI is InChI=1S/C22H26N4O3S/c1-14-19(12-30-22-25-24-13-26(22)2)28-21(17-4-3-5-18(23)10-17)29-20(14)16-8-6-15(11-27)7-9-16/h3-10,13-14,19-21,27H,11-12,23H2,1-2H3/t14-,19+,20+,21+/m0/s1. The number of thioether (sulfide) groups is 1. The SMILES string of the molecule is C[C@H]1[C@@H](CSc2nncn2C)O[C@@H](c2cccc(N)c2)O[C@H]1c1ccc(CO)cc1. The molecule has 1 saturated heterocycles. The summed E-state index contributed by atoms with van der Waals surface area (Å²) in [6.45, 7) is 2.16. The highest BCUT2D eigenvalue weighted by atomic mass is 32.2. The van der Waals surface area contributed by atoms with Crippen LogP contribution in [0.2, 0.25) is 0 Å². The summed E-state index contributed by atoms with van der Waals surface area (Å²) >= 11 is 1.62. The van der Waals surface area contributed by atoms with Crippen LogP contribution in [0.1, 0.15) is 36.0 Å². The van der Waals surface area contributed by atoms with E-state index in [-0.39, 0.29) is 24.7 Å². The van der Waals surface area contributed by atoms with Gasteiger partial charge >= 0.3 is 0 Å². The van der Waals surface area contributed by atoms with Crippen molar-refractivity contribution in [1.29, 1.82) is 0 Å². The Morgan fingerprint density at radius 2 is 1.93 bits per heavy atom. The van der Waals surface area contributed by atoms with E-state index in [2.05, 4.69) is 17.1 Å². The minimum atomic E-state index is -0.516. The van der Waals surface area contributed by atoms with Crippen LogP contribution in [0.15, 0.2) is 60.0 Å². The molecule has 30 heavy (non-hydrogen) atoms. The molecule has 1 fully saturated rings. The van der Waals surface area contributed by atoms with Gasteiger partial charge in [0.05, 0.1) is 18.8 Å². The maximum absolute atomic E-state index is 9.35. The fraction of sp³-hybridized carbons (Fsp3) is 0.364. The van der Waals surface area contributed by atoms with Crippen LogP contribution in [0.25, 0.3) is 0 Å². The molecule has 0 saturated carbocycles. The maximum Gasteiger partial charge on any atom is 0.190 e. The molecule has 0 unspecified atom stereocenters. The van der Waals surface area contributed by atoms with Gasteiger partial charge in [0.15, 0.2) is 11.4 Å². The van der Waals surface area contributed by atoms with Crippen molar-refractivity contribution in [2.75, 3.05) is 11.5 Å². The number of aromatic nitrogens is 3. The van der Waals surface area contributed by atoms with Gasteiger partial charge in [-0.05, 0) is 23.3 Å². The predicted molar refractivity (Wildman–Crippen MR) is 116 cm³/mol. The number of benzene rings is 2. The second-order valence-corrected chi connectivity index (χ2v) is 8.51. The Morgan fingerprint density at radius 1 is 1.13 bits per heavy atom. The average molecular weight is 427 g/mol. The number of aliphatic hydroxyl groups is 1. The molecule has 0 bridgehead atoms. The first-order chi connectivity index (χ1) is 14.5. The molecule has 2 heterocycles. The quantitative estimate of drug-likeness (QED) is 0.460. The molecular weight excluding hydrogens is 400 g/mol. The van der Waals surface area contributed by atoms with Gasteiger partial charge in [-0.1, -0.05) is 55.1 Å². The normalized spacial score (nSPS) is 24.1. The van der Waals surface area contributed by atoms with E-state index in [9.17, 15) is 5.11 Å². The second-order valence-electron chi connectivity index (χ2n) is 7.53. The van der Waals surface area contributed by atoms with Gasteiger partial charge in [0.1, 0.15) is 6.33 Å². The number of hydrogen-bond donors (Lipinski definition) is 2. The number of nitrogen functional groups attached to an aromatic ring is 1. The van der Waals surface area contributed by atoms with Crippen LogP contribution in [0.4, 0.5) is 5.69 Å². The molecule has 1 aliphatic heterocycles. The van der Waals surface area contributed by atoms with Crippen LogP contribution in [0.5, 0.6) is 0 Å². The number of anilines is 1. The number of nitrogens with zero attached hydrogens (tertiary/aromatic N) is 3. The molecule has 0 radical (unpaired) electrons. The third kappa shape index (κ3) is 4.52. The van der Waals surface area contributed by atoms with Gasteiger partial charge < -0.3 is 24.9 Å². The molecule has 3 aromatic rings. The molecular formula is C22H26N4O3S. The predicted octanol–water partition coefficient (Wildman–Crippen LogP) is 3.47. The number of nitrogens with two attached hydrogens (primary N) is 1. The molecule has 4 rings (SSSR count). The highest BCUT2D eigenvalue weighted by molar-refractivity contribution is 7.99. The molecule has 1 aromatic heterocycles. The zero-order chi connectivity index (χ0) is 21.1. The van der Waals surface area contributed by atoms with E-state index >= 15 is 0 Å². The van der Waals surface area contributed by atoms with Crippen molar-refractivity contribution in [3.05, 3.63) is 71.5 Å². The summed E-state index contributed by atoms with van der Waals surface area (Å²) in [5.41, 5.74) is 9.49. The summed E-state index contributed by atoms with van der Waals surface area (Å²) in [6, 6.07) is 15.5. The topological polar surface area (TPSA) is 95.4 Å². The van der Waals surface area contributed by atoms with Crippen molar-refractivity contribution in [1.82, 2.24) is 14.8 Å². The van der Waals surface area contributed by atoms with Gasteiger partial charge in [-0.2, -0.15) is 0 Å². The zero-order valence-corrected chi connectivity index (χ0v) is 17.8. The van der Waals surface area contributed by atoms with Crippen molar-refractivity contribution in [3.8, 4) is 0 Å². The molecule has 7 nitrogen and oxygen atoms in total. The Labute approximate surface area is 180 Å². The van der Waals surface area contributed by atoms with Crippen LogP contribution in [0.3, 0.4) is 0 Å². The smallest absolute Gasteiger partial charge is 0.190 e. The Kier molecular flexibility index (Phi) is 6.38. The first-order valence-corrected chi connectivity index (χ1v) is 10.9. The lowest BCUT2D eigenvalue weighted by Crippen LogP contribution is -2.38. The van der Waals surface area contributed by atoms with Gasteiger partial charge in [0.25, 0.3) is 0 Å². The number of aryl methyl sites for hydroxylation is 1. The van der Waals surface area contributed by atoms with Gasteiger partial charge in [0, 0.05) is 30.0 Å². The highest BCUT2D eigenvalue weighted by Gasteiger charge is 2.38. The lowest BCUT2D eigenvalue weighted by Gasteiger charge is -2.41. The van der Waals surface area contributed by atoms with E-state index in [1.807, 2.05) is 60.1 Å². The van der Waals surface area contributed by atoms with E-state index in [4.69, 9.17) is 15.2 Å². The Hall–Kier alpha value is -2.39. The maximum atomic E-state index is 9.35. The molecule has 0 spiro atoms. The monoisotopic (exact) mass is 426 g/mol. The van der Waals surface area contributed by atoms with Crippen LogP contribution in [-0.2, 0) is 23.1 Å². The fourth-order valence-electron chi connectivity index (χ4n) is 3.58. The van der Waals surface area contributed by atoms with Crippen LogP contribution >= 0.6 is 11.8 Å². The number of hydrogen-bond acceptors (Lipinski definition) is 7. The molecule has 2 aromatic carbocycles. The second kappa shape index (κ2) is 9.18. The largest absolute Gasteiger partial charge is 0.399 e. The van der Waals surface area contributed by atoms with E-state index in [1.165, 1.54) is 0 Å². The summed E-state index contributed by atoms with van der Waals surface area (Å²) in [5, 5.41) is 18.3. The summed E-state index contributed by atoms with van der Waals surface area (Å²) in [5.74, 6) is 0.837. The number of ether oxygens (including phenoxy) is 2. The van der Waals surface area contributed by atoms with Crippen molar-refractivity contribution in [3.63, 3.8) is 0 Å². The van der Waals surface area contributed by atoms with Gasteiger partial charge in [0.2, 0.25) is 0 Å². The Bertz CT molecular complexity index is 979. The molecule has 8 heteroatoms. The lowest BCUT2D eigenvalue weighted by atomic mass is 9.91. The van der Waals surface area contributed by atoms with E-state index in [1.54, 1.807) is 18.1 Å². The van der Waals surface area contributed by atoms with Gasteiger partial charge in [-0.15, -0.1) is 10.2 Å². The first kappa shape index (κ1) is 20.9. The average Bonchev–Trinajstić information content (AvgIpc) is 3.18. The van der Waals surface area contributed by atoms with E-state index < -0.39 is 6.29 Å². The Balaban J connectivity index is 1.60. The van der Waals surface area contributed by atoms with Crippen LogP contribution in [0, 0.1) is 5.92 Å². The van der Waals surface area contributed by atoms with Crippen molar-refractivity contribution in [2.45, 2.75) is 37.2 Å². The minimum Gasteiger partial charge on any atom is -0.399 e. The molecule has 0 amide bonds. The van der Waals surface area contributed by atoms with Crippen LogP contribution < -0.4 is 5.73 Å². The fourth-order valence-corrected chi connectivity index (χ4v) is 4.63. The molecule has 3 N–H and O–H groups in total. The minimum absolute atomic E-state index is 0.0212. The third-order valence-corrected chi connectivity index (χ3v) is 6.48. The number of rotatable bonds is 6. The highest BCUT2D eigenvalue weighted by Crippen LogP contribution is 2.43. The summed E-state index contributed by atoms with van der Waals surface area (Å²) in [6.07, 6.45) is 0.965. The van der Waals surface area contributed by atoms with E-state index in [0.717, 1.165) is 27.6 Å². The summed E-state index contributed by atoms with van der Waals surface area (Å²) in [4.78, 5) is 0. The zero-order valence-electron chi connectivity index (χ0n) is 17.0. The van der Waals surface area contributed by atoms with Crippen molar-refractivity contribution >= 4 is 17.4 Å². The van der Waals surface area contributed by atoms with E-state index in [0.29, 0.717) is 5.69 Å². The molecule has 158 valence electrons. The van der Waals surface area contributed by atoms with Crippen molar-refractivity contribution in [2.24, 2.45) is 13.0 Å².